The van der Waals surface area contributed by atoms with Crippen LogP contribution in [0.1, 0.15) is 25.8 Å². The number of nitrogens with zero attached hydrogens (tertiary/aromatic N) is 1. The maximum Gasteiger partial charge on any atom is 0.267 e. The average molecular weight is 305 g/mol. The Hall–Kier alpha value is -1.75. The first-order valence-corrected chi connectivity index (χ1v) is 8.00. The summed E-state index contributed by atoms with van der Waals surface area (Å²) in [6, 6.07) is 7.25. The molecule has 1 aliphatic rings. The lowest BCUT2D eigenvalue weighted by Crippen LogP contribution is -2.32. The molecule has 0 N–H and O–H groups in total. The van der Waals surface area contributed by atoms with Crippen LogP contribution in [0.4, 0.5) is 0 Å². The minimum Gasteiger partial charge on any atom is -0.497 e. The molecule has 112 valence electrons. The highest BCUT2D eigenvalue weighted by Crippen LogP contribution is 2.36. The van der Waals surface area contributed by atoms with Crippen molar-refractivity contribution in [1.82, 2.24) is 4.90 Å². The second-order valence-corrected chi connectivity index (χ2v) is 5.90. The van der Waals surface area contributed by atoms with Gasteiger partial charge < -0.3 is 4.74 Å². The molecule has 1 aromatic rings. The summed E-state index contributed by atoms with van der Waals surface area (Å²) < 4.78 is 5.13. The van der Waals surface area contributed by atoms with Gasteiger partial charge in [0.05, 0.1) is 17.6 Å². The Balaban J connectivity index is 2.44. The topological polar surface area (TPSA) is 46.6 Å². The van der Waals surface area contributed by atoms with Crippen LogP contribution in [0, 0.1) is 0 Å². The first-order valence-electron chi connectivity index (χ1n) is 7.01. The Kier molecular flexibility index (Phi) is 5.07. The molecular formula is C16H19NO3S. The second kappa shape index (κ2) is 6.80. The molecule has 0 unspecified atom stereocenters. The second-order valence-electron chi connectivity index (χ2n) is 4.63. The number of ether oxygens (including phenoxy) is 1. The van der Waals surface area contributed by atoms with Crippen molar-refractivity contribution in [3.8, 4) is 5.75 Å². The van der Waals surface area contributed by atoms with Crippen LogP contribution in [-0.2, 0) is 9.59 Å². The number of benzene rings is 1. The van der Waals surface area contributed by atoms with Crippen LogP contribution in [0.25, 0.3) is 5.57 Å². The number of imide groups is 1. The van der Waals surface area contributed by atoms with E-state index in [9.17, 15) is 9.59 Å². The van der Waals surface area contributed by atoms with Crippen molar-refractivity contribution in [2.45, 2.75) is 20.3 Å². The molecule has 0 bridgehead atoms. The van der Waals surface area contributed by atoms with Crippen LogP contribution >= 0.6 is 11.8 Å². The molecule has 1 aromatic carbocycles. The van der Waals surface area contributed by atoms with Crippen LogP contribution in [0.2, 0.25) is 0 Å². The highest BCUT2D eigenvalue weighted by Gasteiger charge is 2.38. The molecule has 0 fully saturated rings. The quantitative estimate of drug-likeness (QED) is 0.758. The predicted molar refractivity (Wildman–Crippen MR) is 85.1 cm³/mol. The van der Waals surface area contributed by atoms with E-state index in [0.29, 0.717) is 17.0 Å². The fraction of sp³-hybridized carbons (Fsp3) is 0.375. The molecular weight excluding hydrogens is 286 g/mol. The van der Waals surface area contributed by atoms with Gasteiger partial charge in [0.15, 0.2) is 0 Å². The van der Waals surface area contributed by atoms with E-state index in [1.807, 2.05) is 26.0 Å². The number of rotatable bonds is 6. The van der Waals surface area contributed by atoms with Gasteiger partial charge in [-0.2, -0.15) is 0 Å². The van der Waals surface area contributed by atoms with E-state index in [0.717, 1.165) is 23.5 Å². The summed E-state index contributed by atoms with van der Waals surface area (Å²) in [5, 5.41) is 0. The van der Waals surface area contributed by atoms with Gasteiger partial charge >= 0.3 is 0 Å². The SMILES string of the molecule is CCCN1C(=O)C(SCC)=C(c2ccc(OC)cc2)C1=O. The molecule has 0 radical (unpaired) electrons. The van der Waals surface area contributed by atoms with E-state index in [-0.39, 0.29) is 11.8 Å². The summed E-state index contributed by atoms with van der Waals surface area (Å²) >= 11 is 1.43. The van der Waals surface area contributed by atoms with Crippen LogP contribution < -0.4 is 4.74 Å². The molecule has 0 spiro atoms. The third kappa shape index (κ3) is 2.97. The van der Waals surface area contributed by atoms with Crippen molar-refractivity contribution < 1.29 is 14.3 Å². The van der Waals surface area contributed by atoms with Crippen LogP contribution in [0.5, 0.6) is 5.75 Å². The molecule has 5 heteroatoms. The highest BCUT2D eigenvalue weighted by atomic mass is 32.2. The van der Waals surface area contributed by atoms with Gasteiger partial charge in [0.25, 0.3) is 11.8 Å². The molecule has 0 saturated heterocycles. The molecule has 0 aromatic heterocycles. The molecule has 2 rings (SSSR count). The standard InChI is InChI=1S/C16H19NO3S/c1-4-10-17-15(18)13(14(16(17)19)21-5-2)11-6-8-12(20-3)9-7-11/h6-9H,4-5,10H2,1-3H3. The maximum absolute atomic E-state index is 12.5. The maximum atomic E-state index is 12.5. The molecule has 4 nitrogen and oxygen atoms in total. The van der Waals surface area contributed by atoms with E-state index in [1.165, 1.54) is 16.7 Å². The minimum atomic E-state index is -0.192. The van der Waals surface area contributed by atoms with E-state index in [4.69, 9.17) is 4.74 Å². The zero-order valence-electron chi connectivity index (χ0n) is 12.5. The summed E-state index contributed by atoms with van der Waals surface area (Å²) in [4.78, 5) is 26.9. The van der Waals surface area contributed by atoms with Crippen molar-refractivity contribution in [3.05, 3.63) is 34.7 Å². The number of methoxy groups -OCH3 is 1. The molecule has 1 heterocycles. The van der Waals surface area contributed by atoms with Gasteiger partial charge in [0.2, 0.25) is 0 Å². The average Bonchev–Trinajstić information content (AvgIpc) is 2.73. The smallest absolute Gasteiger partial charge is 0.267 e. The lowest BCUT2D eigenvalue weighted by Gasteiger charge is -2.13. The van der Waals surface area contributed by atoms with Crippen molar-refractivity contribution in [3.63, 3.8) is 0 Å². The number of carbonyl (C=O) groups is 2. The molecule has 21 heavy (non-hydrogen) atoms. The fourth-order valence-electron chi connectivity index (χ4n) is 2.27. The van der Waals surface area contributed by atoms with Crippen molar-refractivity contribution in [1.29, 1.82) is 0 Å². The zero-order valence-corrected chi connectivity index (χ0v) is 13.3. The summed E-state index contributed by atoms with van der Waals surface area (Å²) in [7, 11) is 1.60. The van der Waals surface area contributed by atoms with E-state index < -0.39 is 0 Å². The molecule has 0 aliphatic carbocycles. The van der Waals surface area contributed by atoms with Crippen LogP contribution in [0.15, 0.2) is 29.2 Å². The Bertz CT molecular complexity index is 578. The van der Waals surface area contributed by atoms with Gasteiger partial charge in [-0.05, 0) is 29.9 Å². The normalized spacial score (nSPS) is 15.1. The number of thioether (sulfide) groups is 1. The molecule has 1 aliphatic heterocycles. The van der Waals surface area contributed by atoms with Gasteiger partial charge in [0.1, 0.15) is 5.75 Å². The van der Waals surface area contributed by atoms with Crippen molar-refractivity contribution >= 4 is 29.1 Å². The van der Waals surface area contributed by atoms with Gasteiger partial charge in [-0.3, -0.25) is 14.5 Å². The van der Waals surface area contributed by atoms with Crippen molar-refractivity contribution in [2.24, 2.45) is 0 Å². The third-order valence-electron chi connectivity index (χ3n) is 3.24. The number of carbonyl (C=O) groups excluding carboxylic acids is 2. The van der Waals surface area contributed by atoms with Crippen molar-refractivity contribution in [2.75, 3.05) is 19.4 Å². The van der Waals surface area contributed by atoms with Crippen LogP contribution in [0.3, 0.4) is 0 Å². The third-order valence-corrected chi connectivity index (χ3v) is 4.20. The van der Waals surface area contributed by atoms with Gasteiger partial charge in [-0.1, -0.05) is 26.0 Å². The largest absolute Gasteiger partial charge is 0.497 e. The Morgan fingerprint density at radius 1 is 1.10 bits per heavy atom. The van der Waals surface area contributed by atoms with Gasteiger partial charge in [0, 0.05) is 6.54 Å². The number of hydrogen-bond donors (Lipinski definition) is 0. The van der Waals surface area contributed by atoms with Gasteiger partial charge in [-0.25, -0.2) is 0 Å². The summed E-state index contributed by atoms with van der Waals surface area (Å²) in [6.07, 6.45) is 0.761. The first-order chi connectivity index (χ1) is 10.1. The van der Waals surface area contributed by atoms with Crippen LogP contribution in [-0.4, -0.2) is 36.1 Å². The zero-order chi connectivity index (χ0) is 15.4. The summed E-state index contributed by atoms with van der Waals surface area (Å²) in [6.45, 7) is 4.40. The molecule has 2 amide bonds. The van der Waals surface area contributed by atoms with E-state index >= 15 is 0 Å². The Morgan fingerprint density at radius 3 is 2.29 bits per heavy atom. The lowest BCUT2D eigenvalue weighted by atomic mass is 10.1. The fourth-order valence-corrected chi connectivity index (χ4v) is 3.14. The number of amides is 2. The number of hydrogen-bond acceptors (Lipinski definition) is 4. The predicted octanol–water partition coefficient (Wildman–Crippen LogP) is 2.94. The summed E-state index contributed by atoms with van der Waals surface area (Å²) in [5.74, 6) is 1.13. The first kappa shape index (κ1) is 15.6. The molecule has 0 atom stereocenters. The van der Waals surface area contributed by atoms with Gasteiger partial charge in [-0.15, -0.1) is 11.8 Å². The Labute approximate surface area is 129 Å². The molecule has 0 saturated carbocycles. The minimum absolute atomic E-state index is 0.167. The monoisotopic (exact) mass is 305 g/mol. The highest BCUT2D eigenvalue weighted by molar-refractivity contribution is 8.04. The van der Waals surface area contributed by atoms with E-state index in [2.05, 4.69) is 0 Å². The Morgan fingerprint density at radius 2 is 1.76 bits per heavy atom. The van der Waals surface area contributed by atoms with E-state index in [1.54, 1.807) is 19.2 Å². The lowest BCUT2D eigenvalue weighted by molar-refractivity contribution is -0.136. The summed E-state index contributed by atoms with van der Waals surface area (Å²) in [5.41, 5.74) is 1.28.